The Morgan fingerprint density at radius 2 is 2.00 bits per heavy atom. The standard InChI is InChI=1S/C29H28ClN5O4/c1-29(2,3)39-28(37)33-14-17-13-32-27(36)20-9-6-16(10-21(17)20)23-15-34-35(5)26(23)22-11-18(30)12-24(25(22)31-4)38-19-7-8-19/h6,9-13,15,19H,7-8,14H2,1-3,5H3,(H,32,36)(H,33,37). The number of aromatic nitrogens is 3. The normalized spacial score (nSPS) is 13.2. The van der Waals surface area contributed by atoms with E-state index in [2.05, 4.69) is 20.2 Å². The van der Waals surface area contributed by atoms with Crippen LogP contribution in [0.25, 0.3) is 38.0 Å². The molecule has 0 spiro atoms. The van der Waals surface area contributed by atoms with E-state index in [-0.39, 0.29) is 18.2 Å². The van der Waals surface area contributed by atoms with Gasteiger partial charge in [-0.1, -0.05) is 17.7 Å². The van der Waals surface area contributed by atoms with Crippen LogP contribution >= 0.6 is 11.6 Å². The van der Waals surface area contributed by atoms with Crippen molar-refractivity contribution in [3.05, 3.63) is 75.1 Å². The summed E-state index contributed by atoms with van der Waals surface area (Å²) in [6.45, 7) is 13.4. The van der Waals surface area contributed by atoms with E-state index in [4.69, 9.17) is 27.6 Å². The molecular weight excluding hydrogens is 518 g/mol. The summed E-state index contributed by atoms with van der Waals surface area (Å²) in [6, 6.07) is 8.90. The zero-order chi connectivity index (χ0) is 27.9. The Bertz CT molecular complexity index is 1690. The number of aryl methyl sites for hydroxylation is 1. The highest BCUT2D eigenvalue weighted by atomic mass is 35.5. The molecule has 2 aromatic carbocycles. The molecule has 0 bridgehead atoms. The molecular formula is C29H28ClN5O4. The minimum atomic E-state index is -0.630. The highest BCUT2D eigenvalue weighted by molar-refractivity contribution is 6.31. The number of hydrogen-bond acceptors (Lipinski definition) is 5. The van der Waals surface area contributed by atoms with Crippen LogP contribution in [0.1, 0.15) is 39.2 Å². The fourth-order valence-corrected chi connectivity index (χ4v) is 4.61. The number of carbonyl (C=O) groups excluding carboxylic acids is 1. The Kier molecular flexibility index (Phi) is 6.83. The van der Waals surface area contributed by atoms with Crippen molar-refractivity contribution < 1.29 is 14.3 Å². The number of nitrogens with zero attached hydrogens (tertiary/aromatic N) is 3. The van der Waals surface area contributed by atoms with Crippen molar-refractivity contribution in [1.29, 1.82) is 0 Å². The first-order chi connectivity index (χ1) is 18.5. The average Bonchev–Trinajstić information content (AvgIpc) is 3.60. The maximum absolute atomic E-state index is 12.6. The highest BCUT2D eigenvalue weighted by Gasteiger charge is 2.27. The number of rotatable bonds is 6. The van der Waals surface area contributed by atoms with Crippen molar-refractivity contribution in [2.24, 2.45) is 7.05 Å². The molecule has 4 aromatic rings. The van der Waals surface area contributed by atoms with Gasteiger partial charge in [0, 0.05) is 41.3 Å². The number of amides is 1. The number of nitrogens with one attached hydrogen (secondary N) is 2. The lowest BCUT2D eigenvalue weighted by molar-refractivity contribution is 0.0523. The number of carbonyl (C=O) groups is 1. The van der Waals surface area contributed by atoms with Gasteiger partial charge in [-0.25, -0.2) is 9.64 Å². The van der Waals surface area contributed by atoms with Crippen LogP contribution in [0.5, 0.6) is 5.75 Å². The molecule has 0 saturated heterocycles. The lowest BCUT2D eigenvalue weighted by Crippen LogP contribution is -2.32. The van der Waals surface area contributed by atoms with E-state index in [1.165, 1.54) is 0 Å². The van der Waals surface area contributed by atoms with Gasteiger partial charge in [-0.3, -0.25) is 9.48 Å². The van der Waals surface area contributed by atoms with Crippen LogP contribution in [0.4, 0.5) is 10.5 Å². The summed E-state index contributed by atoms with van der Waals surface area (Å²) in [5.74, 6) is 0.461. The van der Waals surface area contributed by atoms with E-state index < -0.39 is 11.7 Å². The third kappa shape index (κ3) is 5.61. The number of alkyl carbamates (subject to hydrolysis) is 1. The predicted octanol–water partition coefficient (Wildman–Crippen LogP) is 6.37. The molecule has 0 radical (unpaired) electrons. The first kappa shape index (κ1) is 26.3. The van der Waals surface area contributed by atoms with Gasteiger partial charge in [-0.05, 0) is 74.4 Å². The van der Waals surface area contributed by atoms with Gasteiger partial charge in [-0.15, -0.1) is 0 Å². The molecule has 2 aromatic heterocycles. The fraction of sp³-hybridized carbons (Fsp3) is 0.310. The minimum absolute atomic E-state index is 0.106. The SMILES string of the molecule is [C-]#[N+]c1c(OC2CC2)cc(Cl)cc1-c1c(-c2ccc3c(=O)[nH]cc(CNC(=O)OC(C)(C)C)c3c2)cnn1C. The van der Waals surface area contributed by atoms with Crippen molar-refractivity contribution in [2.45, 2.75) is 51.9 Å². The van der Waals surface area contributed by atoms with Gasteiger partial charge in [0.15, 0.2) is 0 Å². The molecule has 1 amide bonds. The Morgan fingerprint density at radius 3 is 2.69 bits per heavy atom. The monoisotopic (exact) mass is 545 g/mol. The summed E-state index contributed by atoms with van der Waals surface area (Å²) in [6.07, 6.45) is 4.78. The predicted molar refractivity (Wildman–Crippen MR) is 150 cm³/mol. The Labute approximate surface area is 230 Å². The van der Waals surface area contributed by atoms with E-state index in [0.29, 0.717) is 44.1 Å². The second kappa shape index (κ2) is 10.1. The highest BCUT2D eigenvalue weighted by Crippen LogP contribution is 2.46. The van der Waals surface area contributed by atoms with Gasteiger partial charge in [0.2, 0.25) is 5.69 Å². The van der Waals surface area contributed by atoms with E-state index in [9.17, 15) is 9.59 Å². The lowest BCUT2D eigenvalue weighted by atomic mass is 9.97. The summed E-state index contributed by atoms with van der Waals surface area (Å²) >= 11 is 6.47. The largest absolute Gasteiger partial charge is 0.501 e. The second-order valence-electron chi connectivity index (χ2n) is 10.5. The molecule has 39 heavy (non-hydrogen) atoms. The first-order valence-electron chi connectivity index (χ1n) is 12.6. The van der Waals surface area contributed by atoms with Crippen LogP contribution in [-0.4, -0.2) is 32.6 Å². The van der Waals surface area contributed by atoms with Crippen molar-refractivity contribution >= 4 is 34.2 Å². The molecule has 10 heteroatoms. The zero-order valence-corrected chi connectivity index (χ0v) is 22.8. The first-order valence-corrected chi connectivity index (χ1v) is 12.9. The number of ether oxygens (including phenoxy) is 2. The topological polar surface area (TPSA) is 103 Å². The third-order valence-corrected chi connectivity index (χ3v) is 6.50. The van der Waals surface area contributed by atoms with Crippen molar-refractivity contribution in [3.8, 4) is 28.1 Å². The van der Waals surface area contributed by atoms with Crippen molar-refractivity contribution in [3.63, 3.8) is 0 Å². The molecule has 0 unspecified atom stereocenters. The van der Waals surface area contributed by atoms with Gasteiger partial charge in [0.1, 0.15) is 11.4 Å². The molecule has 1 aliphatic carbocycles. The minimum Gasteiger partial charge on any atom is -0.501 e. The smallest absolute Gasteiger partial charge is 0.407 e. The maximum Gasteiger partial charge on any atom is 0.407 e. The Balaban J connectivity index is 1.58. The van der Waals surface area contributed by atoms with E-state index in [1.54, 1.807) is 63.1 Å². The van der Waals surface area contributed by atoms with E-state index in [1.807, 2.05) is 12.1 Å². The maximum atomic E-state index is 12.6. The molecule has 0 aliphatic heterocycles. The van der Waals surface area contributed by atoms with Crippen molar-refractivity contribution in [1.82, 2.24) is 20.1 Å². The number of H-pyrrole nitrogens is 1. The number of benzene rings is 2. The Hall–Kier alpha value is -4.29. The summed E-state index contributed by atoms with van der Waals surface area (Å²) in [5.41, 5.74) is 3.07. The quantitative estimate of drug-likeness (QED) is 0.274. The molecule has 1 fully saturated rings. The van der Waals surface area contributed by atoms with Crippen LogP contribution in [-0.2, 0) is 18.3 Å². The number of halogens is 1. The zero-order valence-electron chi connectivity index (χ0n) is 22.1. The van der Waals surface area contributed by atoms with Gasteiger partial charge >= 0.3 is 6.09 Å². The van der Waals surface area contributed by atoms with Crippen LogP contribution in [0.3, 0.4) is 0 Å². The van der Waals surface area contributed by atoms with Crippen LogP contribution in [0.2, 0.25) is 5.02 Å². The number of hydrogen-bond donors (Lipinski definition) is 2. The van der Waals surface area contributed by atoms with Crippen LogP contribution in [0, 0.1) is 6.57 Å². The Morgan fingerprint density at radius 1 is 1.23 bits per heavy atom. The molecule has 0 atom stereocenters. The summed E-state index contributed by atoms with van der Waals surface area (Å²) < 4.78 is 13.0. The number of fused-ring (bicyclic) bond motifs is 1. The van der Waals surface area contributed by atoms with Crippen LogP contribution < -0.4 is 15.6 Å². The van der Waals surface area contributed by atoms with Gasteiger partial charge in [0.25, 0.3) is 5.56 Å². The molecule has 200 valence electrons. The molecule has 1 saturated carbocycles. The lowest BCUT2D eigenvalue weighted by Gasteiger charge is -2.20. The molecule has 9 nitrogen and oxygen atoms in total. The van der Waals surface area contributed by atoms with Gasteiger partial charge in [0.05, 0.1) is 24.6 Å². The molecule has 2 heterocycles. The second-order valence-corrected chi connectivity index (χ2v) is 11.0. The van der Waals surface area contributed by atoms with E-state index in [0.717, 1.165) is 24.0 Å². The van der Waals surface area contributed by atoms with E-state index >= 15 is 0 Å². The van der Waals surface area contributed by atoms with Crippen molar-refractivity contribution in [2.75, 3.05) is 0 Å². The summed E-state index contributed by atoms with van der Waals surface area (Å²) in [7, 11) is 1.80. The molecule has 1 aliphatic rings. The van der Waals surface area contributed by atoms with Crippen LogP contribution in [0.15, 0.2) is 47.5 Å². The third-order valence-electron chi connectivity index (χ3n) is 6.28. The van der Waals surface area contributed by atoms with Gasteiger partial charge in [-0.2, -0.15) is 5.10 Å². The fourth-order valence-electron chi connectivity index (χ4n) is 4.41. The number of pyridine rings is 1. The van der Waals surface area contributed by atoms with Gasteiger partial charge < -0.3 is 19.8 Å². The molecule has 2 N–H and O–H groups in total. The molecule has 5 rings (SSSR count). The summed E-state index contributed by atoms with van der Waals surface area (Å²) in [4.78, 5) is 31.4. The average molecular weight is 546 g/mol. The summed E-state index contributed by atoms with van der Waals surface area (Å²) in [5, 5.41) is 8.85. The number of aromatic amines is 1.